The number of piperidine rings is 1. The van der Waals surface area contributed by atoms with Gasteiger partial charge in [0.2, 0.25) is 0 Å². The van der Waals surface area contributed by atoms with Crippen LogP contribution in [0.25, 0.3) is 33.8 Å². The fraction of sp³-hybridized carbons (Fsp3) is 0.194. The standard InChI is InChI=1S/C36H33F2N5O/c1-23-22-36(44-34-14-9-27(19-31(23)34)35(39-3)42-40-4)15-17-43(18-16-36)24(2)28-20-32(25-5-10-29(37)11-6-25)41-33(21-28)26-7-12-30(38)13-8-26/h5-14,19-21,40H,1-3,15-18,22H2,4H3/b42-35-. The van der Waals surface area contributed by atoms with Crippen LogP contribution in [-0.2, 0) is 0 Å². The molecule has 0 amide bonds. The quantitative estimate of drug-likeness (QED) is 0.143. The van der Waals surface area contributed by atoms with E-state index >= 15 is 0 Å². The minimum absolute atomic E-state index is 0.313. The van der Waals surface area contributed by atoms with Crippen LogP contribution in [0.5, 0.6) is 5.75 Å². The minimum atomic E-state index is -0.349. The first kappa shape index (κ1) is 29.0. The van der Waals surface area contributed by atoms with Crippen molar-refractivity contribution in [2.75, 3.05) is 20.1 Å². The molecule has 1 N–H and O–H groups in total. The number of pyridine rings is 1. The first-order chi connectivity index (χ1) is 21.3. The lowest BCUT2D eigenvalue weighted by Gasteiger charge is -2.46. The van der Waals surface area contributed by atoms with Crippen LogP contribution in [0.1, 0.15) is 36.0 Å². The number of benzene rings is 3. The third-order valence-electron chi connectivity index (χ3n) is 8.34. The Morgan fingerprint density at radius 2 is 1.48 bits per heavy atom. The third kappa shape index (κ3) is 5.75. The highest BCUT2D eigenvalue weighted by Gasteiger charge is 2.41. The molecule has 8 heteroatoms. The van der Waals surface area contributed by atoms with Gasteiger partial charge in [-0.25, -0.2) is 18.8 Å². The maximum atomic E-state index is 13.7. The highest BCUT2D eigenvalue weighted by atomic mass is 19.1. The molecule has 4 aromatic rings. The zero-order chi connectivity index (χ0) is 30.8. The van der Waals surface area contributed by atoms with E-state index in [-0.39, 0.29) is 17.2 Å². The summed E-state index contributed by atoms with van der Waals surface area (Å²) in [6.45, 7) is 14.0. The molecule has 0 atom stereocenters. The van der Waals surface area contributed by atoms with Crippen molar-refractivity contribution in [2.24, 2.45) is 10.1 Å². The number of fused-ring (bicyclic) bond motifs is 1. The van der Waals surface area contributed by atoms with Crippen LogP contribution in [-0.4, -0.2) is 48.2 Å². The summed E-state index contributed by atoms with van der Waals surface area (Å²) in [6, 6.07) is 22.4. The van der Waals surface area contributed by atoms with Gasteiger partial charge in [-0.3, -0.25) is 0 Å². The van der Waals surface area contributed by atoms with Crippen molar-refractivity contribution in [3.05, 3.63) is 120 Å². The van der Waals surface area contributed by atoms with E-state index in [1.165, 1.54) is 24.3 Å². The number of halogens is 2. The molecule has 0 aliphatic carbocycles. The number of aromatic nitrogens is 1. The van der Waals surface area contributed by atoms with Gasteiger partial charge in [0, 0.05) is 72.9 Å². The van der Waals surface area contributed by atoms with E-state index in [9.17, 15) is 8.78 Å². The van der Waals surface area contributed by atoms with Gasteiger partial charge in [0.05, 0.1) is 11.4 Å². The first-order valence-electron chi connectivity index (χ1n) is 14.5. The zero-order valence-electron chi connectivity index (χ0n) is 24.6. The lowest BCUT2D eigenvalue weighted by atomic mass is 9.80. The van der Waals surface area contributed by atoms with Crippen LogP contribution < -0.4 is 10.2 Å². The van der Waals surface area contributed by atoms with E-state index in [0.29, 0.717) is 17.2 Å². The molecule has 6 rings (SSSR count). The van der Waals surface area contributed by atoms with E-state index in [1.807, 2.05) is 30.3 Å². The summed E-state index contributed by atoms with van der Waals surface area (Å²) in [7, 11) is 1.72. The second-order valence-electron chi connectivity index (χ2n) is 11.2. The molecule has 2 aliphatic rings. The molecule has 0 radical (unpaired) electrons. The second-order valence-corrected chi connectivity index (χ2v) is 11.2. The van der Waals surface area contributed by atoms with E-state index in [4.69, 9.17) is 9.72 Å². The van der Waals surface area contributed by atoms with Crippen molar-refractivity contribution in [1.82, 2.24) is 15.3 Å². The van der Waals surface area contributed by atoms with Crippen molar-refractivity contribution < 1.29 is 13.5 Å². The number of hydrogen-bond donors (Lipinski definition) is 1. The van der Waals surface area contributed by atoms with Crippen molar-refractivity contribution in [3.63, 3.8) is 0 Å². The Morgan fingerprint density at radius 1 is 0.886 bits per heavy atom. The Morgan fingerprint density at radius 3 is 2.02 bits per heavy atom. The van der Waals surface area contributed by atoms with Gasteiger partial charge in [-0.1, -0.05) is 13.2 Å². The van der Waals surface area contributed by atoms with Crippen LogP contribution in [0.15, 0.2) is 102 Å². The third-order valence-corrected chi connectivity index (χ3v) is 8.34. The SMILES string of the molecule is C=N/C(=N\NC)c1ccc2c(c1)C(=C)CC1(CCN(C(=C)c3cc(-c4ccc(F)cc4)nc(-c4ccc(F)cc4)c3)CC1)O2. The van der Waals surface area contributed by atoms with E-state index < -0.39 is 0 Å². The summed E-state index contributed by atoms with van der Waals surface area (Å²) in [5.74, 6) is 0.697. The molecule has 3 aromatic carbocycles. The minimum Gasteiger partial charge on any atom is -0.486 e. The fourth-order valence-corrected chi connectivity index (χ4v) is 5.96. The zero-order valence-corrected chi connectivity index (χ0v) is 24.6. The van der Waals surface area contributed by atoms with Crippen molar-refractivity contribution in [1.29, 1.82) is 0 Å². The largest absolute Gasteiger partial charge is 0.486 e. The van der Waals surface area contributed by atoms with Gasteiger partial charge in [0.1, 0.15) is 23.0 Å². The van der Waals surface area contributed by atoms with Gasteiger partial charge in [-0.05, 0) is 91.2 Å². The number of amidine groups is 1. The molecule has 1 fully saturated rings. The molecule has 44 heavy (non-hydrogen) atoms. The maximum Gasteiger partial charge on any atom is 0.178 e. The van der Waals surface area contributed by atoms with Gasteiger partial charge >= 0.3 is 0 Å². The van der Waals surface area contributed by atoms with Crippen LogP contribution in [0.2, 0.25) is 0 Å². The molecule has 0 saturated carbocycles. The van der Waals surface area contributed by atoms with Crippen LogP contribution in [0, 0.1) is 11.6 Å². The van der Waals surface area contributed by atoms with Crippen LogP contribution in [0.3, 0.4) is 0 Å². The highest BCUT2D eigenvalue weighted by molar-refractivity contribution is 6.02. The average Bonchev–Trinajstić information content (AvgIpc) is 3.04. The Kier molecular flexibility index (Phi) is 7.82. The molecular weight excluding hydrogens is 556 g/mol. The van der Waals surface area contributed by atoms with Gasteiger partial charge in [0.15, 0.2) is 5.84 Å². The van der Waals surface area contributed by atoms with Crippen LogP contribution >= 0.6 is 0 Å². The number of nitrogens with zero attached hydrogens (tertiary/aromatic N) is 4. The predicted molar refractivity (Wildman–Crippen MR) is 173 cm³/mol. The molecule has 0 unspecified atom stereocenters. The fourth-order valence-electron chi connectivity index (χ4n) is 5.96. The lowest BCUT2D eigenvalue weighted by Crippen LogP contribution is -2.48. The first-order valence-corrected chi connectivity index (χ1v) is 14.5. The van der Waals surface area contributed by atoms with Crippen molar-refractivity contribution in [2.45, 2.75) is 24.9 Å². The molecule has 222 valence electrons. The summed E-state index contributed by atoms with van der Waals surface area (Å²) >= 11 is 0. The topological polar surface area (TPSA) is 62.1 Å². The van der Waals surface area contributed by atoms with E-state index in [1.54, 1.807) is 31.3 Å². The molecule has 1 saturated heterocycles. The smallest absolute Gasteiger partial charge is 0.178 e. The Balaban J connectivity index is 1.23. The monoisotopic (exact) mass is 589 g/mol. The van der Waals surface area contributed by atoms with Gasteiger partial charge in [0.25, 0.3) is 0 Å². The average molecular weight is 590 g/mol. The Bertz CT molecular complexity index is 1710. The molecule has 3 heterocycles. The van der Waals surface area contributed by atoms with Gasteiger partial charge in [-0.2, -0.15) is 5.10 Å². The molecule has 6 nitrogen and oxygen atoms in total. The van der Waals surface area contributed by atoms with Crippen molar-refractivity contribution >= 4 is 23.8 Å². The Labute approximate surface area is 256 Å². The summed E-state index contributed by atoms with van der Waals surface area (Å²) in [5.41, 5.74) is 9.95. The number of likely N-dealkylation sites (tertiary alicyclic amines) is 1. The van der Waals surface area contributed by atoms with E-state index in [0.717, 1.165) is 77.2 Å². The highest BCUT2D eigenvalue weighted by Crippen LogP contribution is 2.45. The summed E-state index contributed by atoms with van der Waals surface area (Å²) in [5, 5.41) is 4.19. The number of hydrazone groups is 1. The number of hydrogen-bond acceptors (Lipinski definition) is 5. The number of aliphatic imine (C=N–C) groups is 1. The number of rotatable bonds is 6. The molecule has 2 aliphatic heterocycles. The van der Waals surface area contributed by atoms with E-state index in [2.05, 4.69) is 40.3 Å². The molecule has 0 bridgehead atoms. The summed E-state index contributed by atoms with van der Waals surface area (Å²) in [4.78, 5) is 11.1. The molecule has 1 spiro atoms. The molecular formula is C36H33F2N5O. The summed E-state index contributed by atoms with van der Waals surface area (Å²) in [6.07, 6.45) is 2.32. The predicted octanol–water partition coefficient (Wildman–Crippen LogP) is 7.58. The summed E-state index contributed by atoms with van der Waals surface area (Å²) < 4.78 is 34.0. The molecule has 1 aromatic heterocycles. The normalized spacial score (nSPS) is 15.8. The second kappa shape index (κ2) is 11.9. The maximum absolute atomic E-state index is 13.7. The van der Waals surface area contributed by atoms with Gasteiger partial charge < -0.3 is 15.1 Å². The van der Waals surface area contributed by atoms with Crippen LogP contribution in [0.4, 0.5) is 8.78 Å². The Hall–Kier alpha value is -5.11. The number of nitrogens with one attached hydrogen (secondary N) is 1. The van der Waals surface area contributed by atoms with Crippen molar-refractivity contribution in [3.8, 4) is 28.3 Å². The van der Waals surface area contributed by atoms with Gasteiger partial charge in [-0.15, -0.1) is 0 Å². The number of ether oxygens (including phenoxy) is 1. The lowest BCUT2D eigenvalue weighted by molar-refractivity contribution is 0.0143.